The van der Waals surface area contributed by atoms with Crippen molar-refractivity contribution in [3.05, 3.63) is 59.3 Å². The number of nitrogens with one attached hydrogen (secondary N) is 3. The second-order valence-corrected chi connectivity index (χ2v) is 7.60. The van der Waals surface area contributed by atoms with Crippen LogP contribution in [0.4, 0.5) is 5.69 Å². The largest absolute Gasteiger partial charge is 0.376 e. The maximum atomic E-state index is 12.5. The normalized spacial score (nSPS) is 17.1. The molecule has 1 amide bonds. The Hall–Kier alpha value is -2.93. The molecule has 0 aromatic carbocycles. The van der Waals surface area contributed by atoms with Crippen molar-refractivity contribution in [2.24, 2.45) is 0 Å². The summed E-state index contributed by atoms with van der Waals surface area (Å²) >= 11 is 0. The van der Waals surface area contributed by atoms with E-state index in [1.165, 1.54) is 0 Å². The molecule has 3 N–H and O–H groups in total. The quantitative estimate of drug-likeness (QED) is 0.627. The summed E-state index contributed by atoms with van der Waals surface area (Å²) in [6.45, 7) is 6.14. The van der Waals surface area contributed by atoms with Crippen LogP contribution in [0, 0.1) is 0 Å². The maximum absolute atomic E-state index is 12.5. The molecule has 29 heavy (non-hydrogen) atoms. The number of pyridine rings is 2. The molecule has 0 bridgehead atoms. The van der Waals surface area contributed by atoms with Gasteiger partial charge in [0, 0.05) is 61.9 Å². The van der Waals surface area contributed by atoms with E-state index in [-0.39, 0.29) is 17.5 Å². The van der Waals surface area contributed by atoms with Crippen LogP contribution in [0.3, 0.4) is 0 Å². The molecule has 1 aliphatic heterocycles. The molecular weight excluding hydrogens is 366 g/mol. The van der Waals surface area contributed by atoms with E-state index in [0.29, 0.717) is 24.8 Å². The van der Waals surface area contributed by atoms with Crippen LogP contribution in [0.2, 0.25) is 0 Å². The molecule has 7 heteroatoms. The molecule has 3 heterocycles. The van der Waals surface area contributed by atoms with E-state index < -0.39 is 0 Å². The van der Waals surface area contributed by atoms with Crippen LogP contribution in [0.25, 0.3) is 11.1 Å². The van der Waals surface area contributed by atoms with Gasteiger partial charge in [0.05, 0.1) is 0 Å². The molecule has 1 saturated heterocycles. The number of hydrogen-bond donors (Lipinski definition) is 3. The zero-order valence-corrected chi connectivity index (χ0v) is 17.0. The Balaban J connectivity index is 1.63. The molecule has 0 saturated carbocycles. The molecule has 2 aromatic rings. The van der Waals surface area contributed by atoms with Gasteiger partial charge in [0.25, 0.3) is 5.56 Å². The van der Waals surface area contributed by atoms with Gasteiger partial charge in [0.15, 0.2) is 0 Å². The minimum absolute atomic E-state index is 0.0153. The minimum atomic E-state index is -0.161. The maximum Gasteiger partial charge on any atom is 0.271 e. The summed E-state index contributed by atoms with van der Waals surface area (Å²) in [4.78, 5) is 33.4. The lowest BCUT2D eigenvalue weighted by molar-refractivity contribution is -0.127. The first-order valence-electron chi connectivity index (χ1n) is 10.1. The average molecular weight is 396 g/mol. The van der Waals surface area contributed by atoms with Crippen LogP contribution in [0.15, 0.2) is 53.7 Å². The van der Waals surface area contributed by atoms with Crippen LogP contribution in [0.5, 0.6) is 0 Å². The second-order valence-electron chi connectivity index (χ2n) is 7.60. The molecule has 1 atom stereocenters. The molecule has 154 valence electrons. The molecule has 0 aliphatic carbocycles. The fraction of sp³-hybridized carbons (Fsp3) is 0.409. The van der Waals surface area contributed by atoms with Crippen LogP contribution >= 0.6 is 0 Å². The van der Waals surface area contributed by atoms with Crippen molar-refractivity contribution in [1.82, 2.24) is 20.2 Å². The fourth-order valence-electron chi connectivity index (χ4n) is 3.39. The number of carbonyl (C=O) groups excluding carboxylic acids is 1. The Kier molecular flexibility index (Phi) is 7.19. The van der Waals surface area contributed by atoms with Crippen molar-refractivity contribution in [3.63, 3.8) is 0 Å². The first-order valence-corrected chi connectivity index (χ1v) is 10.1. The van der Waals surface area contributed by atoms with E-state index in [2.05, 4.69) is 34.4 Å². The highest BCUT2D eigenvalue weighted by atomic mass is 16.2. The summed E-state index contributed by atoms with van der Waals surface area (Å²) in [5, 5.41) is 6.59. The highest BCUT2D eigenvalue weighted by molar-refractivity contribution is 5.87. The number of piperidine rings is 1. The van der Waals surface area contributed by atoms with Gasteiger partial charge in [0.2, 0.25) is 5.91 Å². The van der Waals surface area contributed by atoms with Crippen LogP contribution in [-0.4, -0.2) is 52.5 Å². The summed E-state index contributed by atoms with van der Waals surface area (Å²) in [5.74, 6) is 0.0153. The SMILES string of the molecule is CC(C)NCC=CC(=O)N1CCCC(Nc2cc(-c3ccncc3)c[nH]c2=O)C1. The summed E-state index contributed by atoms with van der Waals surface area (Å²) in [6, 6.07) is 6.09. The number of carbonyl (C=O) groups is 1. The Labute approximate surface area is 171 Å². The Morgan fingerprint density at radius 3 is 2.90 bits per heavy atom. The van der Waals surface area contributed by atoms with Gasteiger partial charge < -0.3 is 20.5 Å². The van der Waals surface area contributed by atoms with E-state index in [4.69, 9.17) is 0 Å². The molecule has 3 rings (SSSR count). The number of rotatable bonds is 7. The van der Waals surface area contributed by atoms with Gasteiger partial charge in [-0.3, -0.25) is 14.6 Å². The summed E-state index contributed by atoms with van der Waals surface area (Å²) in [5.41, 5.74) is 2.26. The lowest BCUT2D eigenvalue weighted by atomic mass is 10.0. The summed E-state index contributed by atoms with van der Waals surface area (Å²) < 4.78 is 0. The lowest BCUT2D eigenvalue weighted by Gasteiger charge is -2.33. The molecular formula is C22H29N5O2. The lowest BCUT2D eigenvalue weighted by Crippen LogP contribution is -2.45. The number of likely N-dealkylation sites (tertiary alicyclic amines) is 1. The van der Waals surface area contributed by atoms with Gasteiger partial charge in [-0.05, 0) is 36.6 Å². The van der Waals surface area contributed by atoms with Gasteiger partial charge >= 0.3 is 0 Å². The van der Waals surface area contributed by atoms with Crippen molar-refractivity contribution >= 4 is 11.6 Å². The molecule has 0 radical (unpaired) electrons. The Bertz CT molecular complexity index is 892. The number of aromatic amines is 1. The van der Waals surface area contributed by atoms with Crippen LogP contribution < -0.4 is 16.2 Å². The predicted molar refractivity (Wildman–Crippen MR) is 116 cm³/mol. The van der Waals surface area contributed by atoms with Crippen molar-refractivity contribution in [3.8, 4) is 11.1 Å². The number of amides is 1. The summed E-state index contributed by atoms with van der Waals surface area (Å²) in [6.07, 6.45) is 10.5. The number of anilines is 1. The third-order valence-electron chi connectivity index (χ3n) is 4.91. The van der Waals surface area contributed by atoms with E-state index in [1.807, 2.05) is 29.2 Å². The molecule has 7 nitrogen and oxygen atoms in total. The monoisotopic (exact) mass is 395 g/mol. The minimum Gasteiger partial charge on any atom is -0.376 e. The van der Waals surface area contributed by atoms with E-state index in [0.717, 1.165) is 30.5 Å². The molecule has 1 aliphatic rings. The number of aromatic nitrogens is 2. The number of nitrogens with zero attached hydrogens (tertiary/aromatic N) is 2. The number of hydrogen-bond acceptors (Lipinski definition) is 5. The van der Waals surface area contributed by atoms with Gasteiger partial charge in [-0.2, -0.15) is 0 Å². The number of H-pyrrole nitrogens is 1. The first-order chi connectivity index (χ1) is 14.0. The van der Waals surface area contributed by atoms with E-state index in [9.17, 15) is 9.59 Å². The standard InChI is InChI=1S/C22H29N5O2/c1-16(2)24-9-3-6-21(28)27-12-4-5-19(15-27)26-20-13-18(14-25-22(20)29)17-7-10-23-11-8-17/h3,6-8,10-11,13-14,16,19,24,26H,4-5,9,12,15H2,1-2H3,(H,25,29). The molecule has 1 unspecified atom stereocenters. The highest BCUT2D eigenvalue weighted by Gasteiger charge is 2.23. The van der Waals surface area contributed by atoms with Crippen LogP contribution in [0.1, 0.15) is 26.7 Å². The zero-order chi connectivity index (χ0) is 20.6. The Morgan fingerprint density at radius 1 is 1.34 bits per heavy atom. The van der Waals surface area contributed by atoms with Gasteiger partial charge in [-0.15, -0.1) is 0 Å². The average Bonchev–Trinajstić information content (AvgIpc) is 2.73. The first kappa shape index (κ1) is 20.8. The predicted octanol–water partition coefficient (Wildman–Crippen LogP) is 2.39. The van der Waals surface area contributed by atoms with E-state index >= 15 is 0 Å². The summed E-state index contributed by atoms with van der Waals surface area (Å²) in [7, 11) is 0. The molecule has 0 spiro atoms. The third-order valence-corrected chi connectivity index (χ3v) is 4.91. The fourth-order valence-corrected chi connectivity index (χ4v) is 3.39. The molecule has 2 aromatic heterocycles. The highest BCUT2D eigenvalue weighted by Crippen LogP contribution is 2.20. The van der Waals surface area contributed by atoms with Gasteiger partial charge in [-0.1, -0.05) is 19.9 Å². The molecule has 1 fully saturated rings. The van der Waals surface area contributed by atoms with Gasteiger partial charge in [0.1, 0.15) is 5.69 Å². The van der Waals surface area contributed by atoms with Crippen molar-refractivity contribution in [1.29, 1.82) is 0 Å². The second kappa shape index (κ2) is 10.0. The van der Waals surface area contributed by atoms with Crippen molar-refractivity contribution < 1.29 is 4.79 Å². The zero-order valence-electron chi connectivity index (χ0n) is 17.0. The van der Waals surface area contributed by atoms with Crippen molar-refractivity contribution in [2.75, 3.05) is 25.0 Å². The van der Waals surface area contributed by atoms with Crippen LogP contribution in [-0.2, 0) is 4.79 Å². The van der Waals surface area contributed by atoms with Gasteiger partial charge in [-0.25, -0.2) is 0 Å². The topological polar surface area (TPSA) is 90.1 Å². The smallest absolute Gasteiger partial charge is 0.271 e. The van der Waals surface area contributed by atoms with Crippen molar-refractivity contribution in [2.45, 2.75) is 38.8 Å². The third kappa shape index (κ3) is 6.02. The Morgan fingerprint density at radius 2 is 2.14 bits per heavy atom. The van der Waals surface area contributed by atoms with E-state index in [1.54, 1.807) is 24.7 Å².